The van der Waals surface area contributed by atoms with Gasteiger partial charge in [-0.1, -0.05) is 35.0 Å². The van der Waals surface area contributed by atoms with Crippen LogP contribution in [0.2, 0.25) is 5.02 Å². The minimum atomic E-state index is -0.0502. The Hall–Kier alpha value is -1.18. The molecule has 2 heterocycles. The van der Waals surface area contributed by atoms with Gasteiger partial charge in [0.15, 0.2) is 5.82 Å². The topological polar surface area (TPSA) is 77.4 Å². The Morgan fingerprint density at radius 3 is 2.87 bits per heavy atom. The number of halogens is 2. The second kappa shape index (κ2) is 8.08. The summed E-state index contributed by atoms with van der Waals surface area (Å²) in [6, 6.07) is 8.05. The van der Waals surface area contributed by atoms with Gasteiger partial charge in [-0.25, -0.2) is 0 Å². The van der Waals surface area contributed by atoms with Crippen molar-refractivity contribution in [1.82, 2.24) is 15.0 Å². The first kappa shape index (κ1) is 18.2. The standard InChI is InChI=1S/C15H19ClN4O2.ClH/c1-10-9-21-13(11-4-2-3-5-12(11)16)7-20(10)8-14-18-15(6-17)22-19-14;/h2-5,10,13H,6-9,17H2,1H3;1H. The highest BCUT2D eigenvalue weighted by atomic mass is 35.5. The fourth-order valence-corrected chi connectivity index (χ4v) is 2.83. The van der Waals surface area contributed by atoms with Crippen molar-refractivity contribution in [2.24, 2.45) is 5.73 Å². The van der Waals surface area contributed by atoms with Crippen LogP contribution in [-0.4, -0.2) is 34.2 Å². The molecule has 126 valence electrons. The van der Waals surface area contributed by atoms with Crippen LogP contribution < -0.4 is 5.73 Å². The van der Waals surface area contributed by atoms with Crippen molar-refractivity contribution in [3.63, 3.8) is 0 Å². The maximum atomic E-state index is 6.27. The fourth-order valence-electron chi connectivity index (χ4n) is 2.57. The minimum Gasteiger partial charge on any atom is -0.371 e. The monoisotopic (exact) mass is 358 g/mol. The molecule has 1 saturated heterocycles. The molecule has 0 saturated carbocycles. The Kier molecular flexibility index (Phi) is 6.38. The molecular weight excluding hydrogens is 339 g/mol. The molecular formula is C15H20Cl2N4O2. The highest BCUT2D eigenvalue weighted by molar-refractivity contribution is 6.31. The molecule has 1 aliphatic heterocycles. The molecule has 1 aromatic heterocycles. The molecule has 0 amide bonds. The number of nitrogens with zero attached hydrogens (tertiary/aromatic N) is 3. The van der Waals surface area contributed by atoms with Crippen molar-refractivity contribution in [2.45, 2.75) is 32.2 Å². The number of morpholine rings is 1. The van der Waals surface area contributed by atoms with E-state index in [1.165, 1.54) is 0 Å². The summed E-state index contributed by atoms with van der Waals surface area (Å²) in [5.74, 6) is 1.10. The van der Waals surface area contributed by atoms with Crippen LogP contribution in [0.4, 0.5) is 0 Å². The van der Waals surface area contributed by atoms with Crippen LogP contribution >= 0.6 is 24.0 Å². The van der Waals surface area contributed by atoms with Crippen LogP contribution in [0.5, 0.6) is 0 Å². The van der Waals surface area contributed by atoms with Crippen LogP contribution in [-0.2, 0) is 17.8 Å². The molecule has 1 aromatic carbocycles. The predicted octanol–water partition coefficient (Wildman–Crippen LogP) is 2.57. The molecule has 3 rings (SSSR count). The van der Waals surface area contributed by atoms with Gasteiger partial charge >= 0.3 is 0 Å². The molecule has 2 atom stereocenters. The van der Waals surface area contributed by atoms with E-state index in [9.17, 15) is 0 Å². The maximum absolute atomic E-state index is 6.27. The molecule has 0 radical (unpaired) electrons. The van der Waals surface area contributed by atoms with Gasteiger partial charge in [-0.15, -0.1) is 12.4 Å². The SMILES string of the molecule is CC1COC(c2ccccc2Cl)CN1Cc1noc(CN)n1.Cl. The number of rotatable bonds is 4. The molecule has 2 N–H and O–H groups in total. The van der Waals surface area contributed by atoms with E-state index in [1.807, 2.05) is 24.3 Å². The smallest absolute Gasteiger partial charge is 0.240 e. The molecule has 8 heteroatoms. The molecule has 2 aromatic rings. The average Bonchev–Trinajstić information content (AvgIpc) is 2.98. The van der Waals surface area contributed by atoms with Gasteiger partial charge in [0.25, 0.3) is 0 Å². The van der Waals surface area contributed by atoms with Crippen molar-refractivity contribution < 1.29 is 9.26 Å². The first-order chi connectivity index (χ1) is 10.7. The molecule has 0 bridgehead atoms. The van der Waals surface area contributed by atoms with E-state index in [1.54, 1.807) is 0 Å². The molecule has 1 fully saturated rings. The molecule has 6 nitrogen and oxygen atoms in total. The van der Waals surface area contributed by atoms with Crippen molar-refractivity contribution in [2.75, 3.05) is 13.2 Å². The Balaban J connectivity index is 0.00000192. The van der Waals surface area contributed by atoms with Crippen LogP contribution in [0, 0.1) is 0 Å². The van der Waals surface area contributed by atoms with Gasteiger partial charge in [-0.2, -0.15) is 4.98 Å². The molecule has 1 aliphatic rings. The lowest BCUT2D eigenvalue weighted by Gasteiger charge is -2.37. The summed E-state index contributed by atoms with van der Waals surface area (Å²) >= 11 is 6.27. The van der Waals surface area contributed by atoms with Gasteiger partial charge in [0.1, 0.15) is 0 Å². The molecule has 0 spiro atoms. The van der Waals surface area contributed by atoms with Crippen LogP contribution in [0.15, 0.2) is 28.8 Å². The second-order valence-electron chi connectivity index (χ2n) is 5.43. The van der Waals surface area contributed by atoms with E-state index >= 15 is 0 Å². The zero-order valence-electron chi connectivity index (χ0n) is 12.8. The van der Waals surface area contributed by atoms with Gasteiger partial charge in [0.2, 0.25) is 5.89 Å². The summed E-state index contributed by atoms with van der Waals surface area (Å²) in [5.41, 5.74) is 6.50. The van der Waals surface area contributed by atoms with E-state index in [-0.39, 0.29) is 31.1 Å². The predicted molar refractivity (Wildman–Crippen MR) is 89.5 cm³/mol. The third-order valence-corrected chi connectivity index (χ3v) is 4.19. The van der Waals surface area contributed by atoms with E-state index in [4.69, 9.17) is 26.6 Å². The van der Waals surface area contributed by atoms with Gasteiger partial charge in [0, 0.05) is 23.2 Å². The Morgan fingerprint density at radius 2 is 2.17 bits per heavy atom. The van der Waals surface area contributed by atoms with Crippen LogP contribution in [0.25, 0.3) is 0 Å². The first-order valence-electron chi connectivity index (χ1n) is 7.29. The summed E-state index contributed by atoms with van der Waals surface area (Å²) in [6.07, 6.45) is -0.0502. The average molecular weight is 359 g/mol. The minimum absolute atomic E-state index is 0. The molecule has 0 aliphatic carbocycles. The van der Waals surface area contributed by atoms with Crippen molar-refractivity contribution >= 4 is 24.0 Å². The quantitative estimate of drug-likeness (QED) is 0.904. The number of nitrogens with two attached hydrogens (primary N) is 1. The van der Waals surface area contributed by atoms with Crippen molar-refractivity contribution in [3.8, 4) is 0 Å². The van der Waals surface area contributed by atoms with E-state index in [0.29, 0.717) is 24.9 Å². The summed E-state index contributed by atoms with van der Waals surface area (Å²) in [5, 5.41) is 4.68. The van der Waals surface area contributed by atoms with Gasteiger partial charge in [-0.05, 0) is 13.0 Å². The van der Waals surface area contributed by atoms with E-state index in [0.717, 1.165) is 17.1 Å². The fraction of sp³-hybridized carbons (Fsp3) is 0.467. The summed E-state index contributed by atoms with van der Waals surface area (Å²) < 4.78 is 11.0. The summed E-state index contributed by atoms with van der Waals surface area (Å²) in [7, 11) is 0. The third-order valence-electron chi connectivity index (χ3n) is 3.84. The Labute approximate surface area is 146 Å². The number of hydrogen-bond donors (Lipinski definition) is 1. The van der Waals surface area contributed by atoms with Crippen LogP contribution in [0.3, 0.4) is 0 Å². The maximum Gasteiger partial charge on any atom is 0.240 e. The number of benzene rings is 1. The lowest BCUT2D eigenvalue weighted by molar-refractivity contribution is -0.0641. The lowest BCUT2D eigenvalue weighted by atomic mass is 10.1. The first-order valence-corrected chi connectivity index (χ1v) is 7.66. The van der Waals surface area contributed by atoms with Gasteiger partial charge < -0.3 is 15.0 Å². The summed E-state index contributed by atoms with van der Waals surface area (Å²) in [6.45, 7) is 4.35. The normalized spacial score (nSPS) is 21.9. The zero-order valence-corrected chi connectivity index (χ0v) is 14.4. The Bertz CT molecular complexity index is 637. The van der Waals surface area contributed by atoms with Gasteiger partial charge in [0.05, 0.1) is 25.8 Å². The lowest BCUT2D eigenvalue weighted by Crippen LogP contribution is -2.44. The molecule has 23 heavy (non-hydrogen) atoms. The highest BCUT2D eigenvalue weighted by Gasteiger charge is 2.29. The van der Waals surface area contributed by atoms with Gasteiger partial charge in [-0.3, -0.25) is 4.90 Å². The van der Waals surface area contributed by atoms with E-state index < -0.39 is 0 Å². The van der Waals surface area contributed by atoms with E-state index in [2.05, 4.69) is 22.0 Å². The third kappa shape index (κ3) is 4.22. The summed E-state index contributed by atoms with van der Waals surface area (Å²) in [4.78, 5) is 6.53. The van der Waals surface area contributed by atoms with Crippen molar-refractivity contribution in [1.29, 1.82) is 0 Å². The number of aromatic nitrogens is 2. The molecule has 2 unspecified atom stereocenters. The highest BCUT2D eigenvalue weighted by Crippen LogP contribution is 2.30. The number of ether oxygens (including phenoxy) is 1. The largest absolute Gasteiger partial charge is 0.371 e. The number of hydrogen-bond acceptors (Lipinski definition) is 6. The van der Waals surface area contributed by atoms with Crippen LogP contribution in [0.1, 0.15) is 30.3 Å². The second-order valence-corrected chi connectivity index (χ2v) is 5.84. The Morgan fingerprint density at radius 1 is 1.39 bits per heavy atom. The zero-order chi connectivity index (χ0) is 15.5. The van der Waals surface area contributed by atoms with Crippen molar-refractivity contribution in [3.05, 3.63) is 46.6 Å².